The number of rotatable bonds is 3. The van der Waals surface area contributed by atoms with Crippen molar-refractivity contribution in [2.24, 2.45) is 0 Å². The summed E-state index contributed by atoms with van der Waals surface area (Å²) in [5.74, 6) is 0. The number of hydrogen-bond acceptors (Lipinski definition) is 0. The molecule has 104 valence electrons. The van der Waals surface area contributed by atoms with Crippen LogP contribution in [-0.2, 0) is 6.42 Å². The first-order valence-corrected chi connectivity index (χ1v) is 7.10. The molecule has 0 bridgehead atoms. The fraction of sp³-hybridized carbons (Fsp3) is 0.0476. The van der Waals surface area contributed by atoms with E-state index in [1.165, 1.54) is 21.9 Å². The zero-order chi connectivity index (χ0) is 14.9. The van der Waals surface area contributed by atoms with Crippen LogP contribution in [0.4, 0.5) is 0 Å². The lowest BCUT2D eigenvalue weighted by molar-refractivity contribution is 1.28. The van der Waals surface area contributed by atoms with Gasteiger partial charge < -0.3 is 0 Å². The molecule has 3 rings (SSSR count). The molecule has 0 aliphatic rings. The van der Waals surface area contributed by atoms with Crippen molar-refractivity contribution < 1.29 is 0 Å². The summed E-state index contributed by atoms with van der Waals surface area (Å²) in [5.41, 5.74) is 2.53. The van der Waals surface area contributed by atoms with Gasteiger partial charge in [0.1, 0.15) is 0 Å². The molecule has 0 amide bonds. The SMILES string of the molecule is C=CCc1ccccc1.C=Cc1cccc2ccccc12. The van der Waals surface area contributed by atoms with Crippen molar-refractivity contribution in [3.8, 4) is 0 Å². The molecule has 0 atom stereocenters. The average molecular weight is 272 g/mol. The zero-order valence-electron chi connectivity index (χ0n) is 12.2. The first-order valence-electron chi connectivity index (χ1n) is 7.10. The fourth-order valence-electron chi connectivity index (χ4n) is 2.21. The van der Waals surface area contributed by atoms with Crippen LogP contribution >= 0.6 is 0 Å². The monoisotopic (exact) mass is 272 g/mol. The second-order valence-corrected chi connectivity index (χ2v) is 4.75. The fourth-order valence-corrected chi connectivity index (χ4v) is 2.21. The molecule has 3 aromatic carbocycles. The van der Waals surface area contributed by atoms with E-state index in [1.54, 1.807) is 0 Å². The minimum Gasteiger partial charge on any atom is -0.103 e. The number of benzene rings is 3. The van der Waals surface area contributed by atoms with Crippen LogP contribution in [0.2, 0.25) is 0 Å². The van der Waals surface area contributed by atoms with Crippen molar-refractivity contribution in [1.82, 2.24) is 0 Å². The summed E-state index contributed by atoms with van der Waals surface area (Å²) in [4.78, 5) is 0. The van der Waals surface area contributed by atoms with Gasteiger partial charge in [-0.2, -0.15) is 0 Å². The van der Waals surface area contributed by atoms with E-state index in [0.717, 1.165) is 6.42 Å². The molecule has 0 aliphatic heterocycles. The third-order valence-corrected chi connectivity index (χ3v) is 3.27. The van der Waals surface area contributed by atoms with Crippen molar-refractivity contribution >= 4 is 16.8 Å². The van der Waals surface area contributed by atoms with Crippen molar-refractivity contribution in [2.45, 2.75) is 6.42 Å². The Kier molecular flexibility index (Phi) is 5.54. The second kappa shape index (κ2) is 7.86. The summed E-state index contributed by atoms with van der Waals surface area (Å²) in [6.07, 6.45) is 4.78. The lowest BCUT2D eigenvalue weighted by atomic mass is 10.1. The third-order valence-electron chi connectivity index (χ3n) is 3.27. The Bertz CT molecular complexity index is 703. The van der Waals surface area contributed by atoms with Crippen LogP contribution < -0.4 is 0 Å². The van der Waals surface area contributed by atoms with Crippen molar-refractivity contribution in [3.63, 3.8) is 0 Å². The van der Waals surface area contributed by atoms with Crippen molar-refractivity contribution in [3.05, 3.63) is 103 Å². The lowest BCUT2D eigenvalue weighted by Crippen LogP contribution is -1.75. The van der Waals surface area contributed by atoms with Gasteiger partial charge in [-0.1, -0.05) is 91.5 Å². The number of allylic oxidation sites excluding steroid dienone is 1. The van der Waals surface area contributed by atoms with Crippen LogP contribution in [-0.4, -0.2) is 0 Å². The van der Waals surface area contributed by atoms with Crippen molar-refractivity contribution in [1.29, 1.82) is 0 Å². The molecule has 0 radical (unpaired) electrons. The van der Waals surface area contributed by atoms with Gasteiger partial charge in [0.25, 0.3) is 0 Å². The van der Waals surface area contributed by atoms with E-state index in [-0.39, 0.29) is 0 Å². The molecule has 0 heteroatoms. The van der Waals surface area contributed by atoms with Gasteiger partial charge in [0, 0.05) is 0 Å². The highest BCUT2D eigenvalue weighted by molar-refractivity contribution is 5.90. The molecule has 0 unspecified atom stereocenters. The van der Waals surface area contributed by atoms with E-state index in [1.807, 2.05) is 30.4 Å². The number of fused-ring (bicyclic) bond motifs is 1. The number of hydrogen-bond donors (Lipinski definition) is 0. The van der Waals surface area contributed by atoms with Gasteiger partial charge in [-0.3, -0.25) is 0 Å². The Labute approximate surface area is 127 Å². The van der Waals surface area contributed by atoms with Crippen molar-refractivity contribution in [2.75, 3.05) is 0 Å². The zero-order valence-corrected chi connectivity index (χ0v) is 12.2. The smallest absolute Gasteiger partial charge is 0.0100 e. The molecule has 0 aliphatic carbocycles. The van der Waals surface area contributed by atoms with Gasteiger partial charge in [0.05, 0.1) is 0 Å². The molecule has 0 saturated heterocycles. The van der Waals surface area contributed by atoms with Gasteiger partial charge in [-0.15, -0.1) is 6.58 Å². The molecular formula is C21H20. The molecule has 3 aromatic rings. The van der Waals surface area contributed by atoms with E-state index >= 15 is 0 Å². The summed E-state index contributed by atoms with van der Waals surface area (Å²) in [6, 6.07) is 24.9. The molecule has 0 fully saturated rings. The van der Waals surface area contributed by atoms with E-state index < -0.39 is 0 Å². The Balaban J connectivity index is 0.000000161. The van der Waals surface area contributed by atoms with Crippen LogP contribution in [0.25, 0.3) is 16.8 Å². The average Bonchev–Trinajstić information content (AvgIpc) is 2.56. The molecule has 0 spiro atoms. The first-order chi connectivity index (χ1) is 10.3. The van der Waals surface area contributed by atoms with Crippen LogP contribution in [0.1, 0.15) is 11.1 Å². The molecule has 0 nitrogen and oxygen atoms in total. The van der Waals surface area contributed by atoms with Gasteiger partial charge in [0.15, 0.2) is 0 Å². The summed E-state index contributed by atoms with van der Waals surface area (Å²) in [7, 11) is 0. The van der Waals surface area contributed by atoms with Crippen LogP contribution in [0, 0.1) is 0 Å². The summed E-state index contributed by atoms with van der Waals surface area (Å²) < 4.78 is 0. The lowest BCUT2D eigenvalue weighted by Gasteiger charge is -1.99. The van der Waals surface area contributed by atoms with E-state index in [9.17, 15) is 0 Å². The second-order valence-electron chi connectivity index (χ2n) is 4.75. The highest BCUT2D eigenvalue weighted by Crippen LogP contribution is 2.18. The van der Waals surface area contributed by atoms with Crippen LogP contribution in [0.5, 0.6) is 0 Å². The van der Waals surface area contributed by atoms with Gasteiger partial charge in [0.2, 0.25) is 0 Å². The summed E-state index contributed by atoms with van der Waals surface area (Å²) >= 11 is 0. The van der Waals surface area contributed by atoms with Crippen LogP contribution in [0.15, 0.2) is 92.0 Å². The molecular weight excluding hydrogens is 252 g/mol. The predicted molar refractivity (Wildman–Crippen MR) is 94.4 cm³/mol. The summed E-state index contributed by atoms with van der Waals surface area (Å²) in [6.45, 7) is 7.44. The third kappa shape index (κ3) is 4.19. The quantitative estimate of drug-likeness (QED) is 0.521. The highest BCUT2D eigenvalue weighted by Gasteiger charge is 1.93. The maximum atomic E-state index is 3.78. The Hall–Kier alpha value is -2.60. The molecule has 21 heavy (non-hydrogen) atoms. The maximum absolute atomic E-state index is 3.78. The Morgan fingerprint density at radius 1 is 0.714 bits per heavy atom. The van der Waals surface area contributed by atoms with Gasteiger partial charge in [-0.25, -0.2) is 0 Å². The molecule has 0 aromatic heterocycles. The largest absolute Gasteiger partial charge is 0.103 e. The minimum absolute atomic E-state index is 0.973. The maximum Gasteiger partial charge on any atom is -0.0100 e. The summed E-state index contributed by atoms with van der Waals surface area (Å²) in [5, 5.41) is 2.55. The molecule has 0 heterocycles. The van der Waals surface area contributed by atoms with Gasteiger partial charge in [-0.05, 0) is 28.3 Å². The first kappa shape index (κ1) is 14.8. The standard InChI is InChI=1S/C12H10.C9H10/c1-2-10-7-5-8-11-6-3-4-9-12(10)11;1-2-6-9-7-4-3-5-8-9/h2-9H,1H2;2-5,7-8H,1,6H2. The van der Waals surface area contributed by atoms with E-state index in [2.05, 4.69) is 67.8 Å². The van der Waals surface area contributed by atoms with E-state index in [4.69, 9.17) is 0 Å². The predicted octanol–water partition coefficient (Wildman–Crippen LogP) is 5.90. The van der Waals surface area contributed by atoms with Gasteiger partial charge >= 0.3 is 0 Å². The normalized spacial score (nSPS) is 9.52. The topological polar surface area (TPSA) is 0 Å². The minimum atomic E-state index is 0.973. The molecule has 0 N–H and O–H groups in total. The Morgan fingerprint density at radius 3 is 2.10 bits per heavy atom. The van der Waals surface area contributed by atoms with E-state index in [0.29, 0.717) is 0 Å². The Morgan fingerprint density at radius 2 is 1.38 bits per heavy atom. The highest BCUT2D eigenvalue weighted by atomic mass is 14.0. The molecule has 0 saturated carbocycles. The van der Waals surface area contributed by atoms with Crippen LogP contribution in [0.3, 0.4) is 0 Å².